The zero-order chi connectivity index (χ0) is 10.7. The van der Waals surface area contributed by atoms with Crippen LogP contribution in [0.3, 0.4) is 0 Å². The Hall–Kier alpha value is -0.0400. The molecule has 0 heterocycles. The molecule has 2 fully saturated rings. The van der Waals surface area contributed by atoms with Crippen LogP contribution < -0.4 is 5.32 Å². The molecule has 2 unspecified atom stereocenters. The molecule has 1 heteroatoms. The molecule has 0 aromatic rings. The van der Waals surface area contributed by atoms with E-state index in [1.807, 2.05) is 0 Å². The van der Waals surface area contributed by atoms with Crippen molar-refractivity contribution in [1.82, 2.24) is 5.32 Å². The van der Waals surface area contributed by atoms with E-state index in [-0.39, 0.29) is 0 Å². The molecule has 15 heavy (non-hydrogen) atoms. The van der Waals surface area contributed by atoms with Crippen LogP contribution in [0.5, 0.6) is 0 Å². The lowest BCUT2D eigenvalue weighted by Gasteiger charge is -2.31. The smallest absolute Gasteiger partial charge is 0.00669 e. The molecule has 2 saturated carbocycles. The summed E-state index contributed by atoms with van der Waals surface area (Å²) in [5.74, 6) is 3.19. The highest BCUT2D eigenvalue weighted by Gasteiger charge is 2.32. The van der Waals surface area contributed by atoms with E-state index in [1.54, 1.807) is 0 Å². The maximum absolute atomic E-state index is 3.45. The monoisotopic (exact) mass is 209 g/mol. The van der Waals surface area contributed by atoms with Crippen LogP contribution in [0.25, 0.3) is 0 Å². The minimum Gasteiger partial charge on any atom is -0.317 e. The summed E-state index contributed by atoms with van der Waals surface area (Å²) < 4.78 is 0. The largest absolute Gasteiger partial charge is 0.317 e. The van der Waals surface area contributed by atoms with Gasteiger partial charge < -0.3 is 5.32 Å². The van der Waals surface area contributed by atoms with Crippen molar-refractivity contribution in [2.45, 2.75) is 64.3 Å². The van der Waals surface area contributed by atoms with Crippen molar-refractivity contribution < 1.29 is 0 Å². The molecule has 1 nitrogen and oxygen atoms in total. The molecule has 2 aliphatic rings. The highest BCUT2D eigenvalue weighted by atomic mass is 14.9. The molecule has 0 aromatic heterocycles. The maximum atomic E-state index is 3.45. The Morgan fingerprint density at radius 2 is 1.60 bits per heavy atom. The standard InChI is InChI=1S/C14H27N/c1-3-11-4-6-12(7-5-11)13-8-9-14(10-13)15-2/h11-15H,3-10H2,1-2H3. The van der Waals surface area contributed by atoms with Gasteiger partial charge >= 0.3 is 0 Å². The summed E-state index contributed by atoms with van der Waals surface area (Å²) in [5.41, 5.74) is 0. The zero-order valence-corrected chi connectivity index (χ0v) is 10.5. The van der Waals surface area contributed by atoms with E-state index in [4.69, 9.17) is 0 Å². The van der Waals surface area contributed by atoms with Gasteiger partial charge in [0, 0.05) is 6.04 Å². The first kappa shape index (κ1) is 11.4. The first-order chi connectivity index (χ1) is 7.33. The van der Waals surface area contributed by atoms with Gasteiger partial charge in [-0.3, -0.25) is 0 Å². The number of nitrogens with one attached hydrogen (secondary N) is 1. The molecule has 2 rings (SSSR count). The second kappa shape index (κ2) is 5.34. The van der Waals surface area contributed by atoms with Crippen molar-refractivity contribution in [1.29, 1.82) is 0 Å². The molecule has 1 N–H and O–H groups in total. The van der Waals surface area contributed by atoms with Crippen LogP contribution in [0.4, 0.5) is 0 Å². The average molecular weight is 209 g/mol. The average Bonchev–Trinajstić information content (AvgIpc) is 2.78. The van der Waals surface area contributed by atoms with Crippen LogP contribution in [0.1, 0.15) is 58.3 Å². The number of hydrogen-bond acceptors (Lipinski definition) is 1. The Labute approximate surface area is 95.0 Å². The lowest BCUT2D eigenvalue weighted by atomic mass is 9.74. The SMILES string of the molecule is CCC1CCC(C2CCC(NC)C2)CC1. The molecular weight excluding hydrogens is 182 g/mol. The van der Waals surface area contributed by atoms with E-state index >= 15 is 0 Å². The van der Waals surface area contributed by atoms with Gasteiger partial charge in [0.1, 0.15) is 0 Å². The molecule has 0 amide bonds. The van der Waals surface area contributed by atoms with Gasteiger partial charge in [-0.05, 0) is 56.9 Å². The Balaban J connectivity index is 1.76. The van der Waals surface area contributed by atoms with Crippen molar-refractivity contribution >= 4 is 0 Å². The highest BCUT2D eigenvalue weighted by molar-refractivity contribution is 4.86. The van der Waals surface area contributed by atoms with Gasteiger partial charge in [0.25, 0.3) is 0 Å². The van der Waals surface area contributed by atoms with Gasteiger partial charge in [-0.1, -0.05) is 26.2 Å². The molecule has 2 aliphatic carbocycles. The second-order valence-corrected chi connectivity index (χ2v) is 5.75. The first-order valence-electron chi connectivity index (χ1n) is 7.00. The van der Waals surface area contributed by atoms with Gasteiger partial charge in [0.05, 0.1) is 0 Å². The van der Waals surface area contributed by atoms with Crippen molar-refractivity contribution in [3.8, 4) is 0 Å². The van der Waals surface area contributed by atoms with Crippen molar-refractivity contribution in [2.75, 3.05) is 7.05 Å². The normalized spacial score (nSPS) is 42.0. The summed E-state index contributed by atoms with van der Waals surface area (Å²) in [5, 5.41) is 3.45. The molecular formula is C14H27N. The maximum Gasteiger partial charge on any atom is 0.00669 e. The van der Waals surface area contributed by atoms with Crippen LogP contribution in [-0.4, -0.2) is 13.1 Å². The lowest BCUT2D eigenvalue weighted by Crippen LogP contribution is -2.24. The Morgan fingerprint density at radius 3 is 2.13 bits per heavy atom. The highest BCUT2D eigenvalue weighted by Crippen LogP contribution is 2.41. The van der Waals surface area contributed by atoms with E-state index in [9.17, 15) is 0 Å². The minimum absolute atomic E-state index is 0.832. The van der Waals surface area contributed by atoms with Gasteiger partial charge in [0.2, 0.25) is 0 Å². The van der Waals surface area contributed by atoms with E-state index in [0.717, 1.165) is 23.8 Å². The predicted molar refractivity (Wildman–Crippen MR) is 65.9 cm³/mol. The summed E-state index contributed by atoms with van der Waals surface area (Å²) in [7, 11) is 2.13. The summed E-state index contributed by atoms with van der Waals surface area (Å²) in [4.78, 5) is 0. The number of rotatable bonds is 3. The molecule has 0 radical (unpaired) electrons. The van der Waals surface area contributed by atoms with Crippen molar-refractivity contribution in [3.05, 3.63) is 0 Å². The third-order valence-corrected chi connectivity index (χ3v) is 5.02. The van der Waals surface area contributed by atoms with Crippen LogP contribution in [-0.2, 0) is 0 Å². The molecule has 2 atom stereocenters. The second-order valence-electron chi connectivity index (χ2n) is 5.75. The lowest BCUT2D eigenvalue weighted by molar-refractivity contribution is 0.201. The van der Waals surface area contributed by atoms with Crippen LogP contribution in [0.15, 0.2) is 0 Å². The summed E-state index contributed by atoms with van der Waals surface area (Å²) in [6.45, 7) is 2.36. The van der Waals surface area contributed by atoms with Crippen molar-refractivity contribution in [2.24, 2.45) is 17.8 Å². The fourth-order valence-electron chi connectivity index (χ4n) is 3.77. The van der Waals surface area contributed by atoms with Gasteiger partial charge in [-0.25, -0.2) is 0 Å². The fraction of sp³-hybridized carbons (Fsp3) is 1.00. The van der Waals surface area contributed by atoms with Gasteiger partial charge in [-0.15, -0.1) is 0 Å². The summed E-state index contributed by atoms with van der Waals surface area (Å²) in [6, 6.07) is 0.832. The van der Waals surface area contributed by atoms with Crippen LogP contribution in [0.2, 0.25) is 0 Å². The van der Waals surface area contributed by atoms with Crippen LogP contribution in [0, 0.1) is 17.8 Å². The number of hydrogen-bond donors (Lipinski definition) is 1. The zero-order valence-electron chi connectivity index (χ0n) is 10.5. The van der Waals surface area contributed by atoms with Gasteiger partial charge in [0.15, 0.2) is 0 Å². The molecule has 0 spiro atoms. The van der Waals surface area contributed by atoms with Gasteiger partial charge in [-0.2, -0.15) is 0 Å². The van der Waals surface area contributed by atoms with Crippen LogP contribution >= 0.6 is 0 Å². The fourth-order valence-corrected chi connectivity index (χ4v) is 3.77. The Bertz CT molecular complexity index is 182. The molecule has 0 bridgehead atoms. The van der Waals surface area contributed by atoms with Crippen molar-refractivity contribution in [3.63, 3.8) is 0 Å². The summed E-state index contributed by atoms with van der Waals surface area (Å²) >= 11 is 0. The van der Waals surface area contributed by atoms with E-state index < -0.39 is 0 Å². The quantitative estimate of drug-likeness (QED) is 0.749. The predicted octanol–water partition coefficient (Wildman–Crippen LogP) is 3.59. The van der Waals surface area contributed by atoms with E-state index in [2.05, 4.69) is 19.3 Å². The third kappa shape index (κ3) is 2.75. The summed E-state index contributed by atoms with van der Waals surface area (Å²) in [6.07, 6.45) is 11.9. The van der Waals surface area contributed by atoms with E-state index in [1.165, 1.54) is 51.4 Å². The molecule has 0 aromatic carbocycles. The third-order valence-electron chi connectivity index (χ3n) is 5.02. The first-order valence-corrected chi connectivity index (χ1v) is 7.00. The molecule has 0 aliphatic heterocycles. The minimum atomic E-state index is 0.832. The Morgan fingerprint density at radius 1 is 0.933 bits per heavy atom. The molecule has 0 saturated heterocycles. The Kier molecular flexibility index (Phi) is 4.07. The molecule has 88 valence electrons. The topological polar surface area (TPSA) is 12.0 Å². The van der Waals surface area contributed by atoms with E-state index in [0.29, 0.717) is 0 Å².